The van der Waals surface area contributed by atoms with Crippen molar-refractivity contribution in [3.63, 3.8) is 0 Å². The molecule has 5 aliphatic rings. The number of aliphatic imine (C=N–C) groups is 2. The smallest absolute Gasteiger partial charge is 0.123 e. The molecule has 6 heteroatoms. The molecule has 0 saturated carbocycles. The molecule has 238 valence electrons. The van der Waals surface area contributed by atoms with E-state index in [2.05, 4.69) is 101 Å². The largest absolute Gasteiger partial charge is 0.508 e. The lowest BCUT2D eigenvalue weighted by molar-refractivity contribution is 0.445. The van der Waals surface area contributed by atoms with Crippen LogP contribution in [0.2, 0.25) is 0 Å². The Morgan fingerprint density at radius 2 is 1.10 bits per heavy atom. The highest BCUT2D eigenvalue weighted by Gasteiger charge is 2.44. The Labute approximate surface area is 288 Å². The number of nitrogens with one attached hydrogen (secondary N) is 2. The third-order valence-electron chi connectivity index (χ3n) is 10.1. The zero-order valence-corrected chi connectivity index (χ0v) is 26.8. The van der Waals surface area contributed by atoms with Crippen LogP contribution in [0.5, 0.6) is 11.5 Å². The molecule has 4 aromatic carbocycles. The molecule has 0 radical (unpaired) electrons. The number of phenolic OH excluding ortho intramolecular Hbond substituents is 2. The number of fused-ring (bicyclic) bond motifs is 8. The van der Waals surface area contributed by atoms with Gasteiger partial charge in [-0.1, -0.05) is 97.1 Å². The first-order chi connectivity index (χ1) is 24.6. The van der Waals surface area contributed by atoms with E-state index in [0.29, 0.717) is 0 Å². The number of phenols is 2. The predicted octanol–water partition coefficient (Wildman–Crippen LogP) is 6.63. The van der Waals surface area contributed by atoms with Gasteiger partial charge in [0.2, 0.25) is 0 Å². The molecule has 2 unspecified atom stereocenters. The van der Waals surface area contributed by atoms with Crippen molar-refractivity contribution in [3.8, 4) is 11.5 Å². The second-order valence-corrected chi connectivity index (χ2v) is 13.0. The van der Waals surface area contributed by atoms with Crippen molar-refractivity contribution in [2.45, 2.75) is 12.0 Å². The summed E-state index contributed by atoms with van der Waals surface area (Å²) in [6.07, 6.45) is 10.5. The van der Waals surface area contributed by atoms with Crippen LogP contribution < -0.4 is 16.0 Å². The van der Waals surface area contributed by atoms with Gasteiger partial charge in [-0.25, -0.2) is 9.98 Å². The van der Waals surface area contributed by atoms with Crippen LogP contribution in [0.15, 0.2) is 173 Å². The summed E-state index contributed by atoms with van der Waals surface area (Å²) in [5.74, 6) is -0.102. The average Bonchev–Trinajstić information content (AvgIpc) is 3.98. The summed E-state index contributed by atoms with van der Waals surface area (Å²) in [6.45, 7) is 0. The Morgan fingerprint density at radius 3 is 1.70 bits per heavy atom. The lowest BCUT2D eigenvalue weighted by Crippen LogP contribution is -2.26. The molecule has 0 spiro atoms. The van der Waals surface area contributed by atoms with E-state index < -0.39 is 0 Å². The quantitative estimate of drug-likeness (QED) is 0.177. The summed E-state index contributed by atoms with van der Waals surface area (Å²) < 4.78 is 0. The summed E-state index contributed by atoms with van der Waals surface area (Å²) in [4.78, 5) is 14.4. The Bertz CT molecular complexity index is 2620. The SMILES string of the molecule is Oc1cc(O)c2c(c1)/C1=C3\C=CC(=N3)/C(c3ccccc3)=c3/cc/c([nH]3)=C(\c3ccccc3)C3=N/C(=C(/c4ccccc4)C4=CC2C1N4)C=C3. The third-order valence-corrected chi connectivity index (χ3v) is 10.1. The van der Waals surface area contributed by atoms with Crippen LogP contribution >= 0.6 is 0 Å². The van der Waals surface area contributed by atoms with Crippen LogP contribution in [0.1, 0.15) is 33.7 Å². The number of benzene rings is 4. The molecule has 4 N–H and O–H groups in total. The van der Waals surface area contributed by atoms with Crippen molar-refractivity contribution in [1.82, 2.24) is 10.3 Å². The van der Waals surface area contributed by atoms with Crippen LogP contribution in [-0.2, 0) is 0 Å². The molecule has 1 aliphatic carbocycles. The Morgan fingerprint density at radius 1 is 0.560 bits per heavy atom. The van der Waals surface area contributed by atoms with E-state index in [1.54, 1.807) is 6.07 Å². The number of aromatic amines is 1. The number of hydrogen-bond acceptors (Lipinski definition) is 5. The molecule has 8 bridgehead atoms. The molecule has 5 heterocycles. The normalized spacial score (nSPS) is 24.9. The number of nitrogens with zero attached hydrogens (tertiary/aromatic N) is 2. The van der Waals surface area contributed by atoms with Gasteiger partial charge in [-0.2, -0.15) is 0 Å². The van der Waals surface area contributed by atoms with E-state index in [0.717, 1.165) is 89.3 Å². The summed E-state index contributed by atoms with van der Waals surface area (Å²) in [7, 11) is 0. The highest BCUT2D eigenvalue weighted by atomic mass is 16.3. The lowest BCUT2D eigenvalue weighted by Gasteiger charge is -2.19. The van der Waals surface area contributed by atoms with E-state index in [4.69, 9.17) is 9.98 Å². The van der Waals surface area contributed by atoms with Crippen molar-refractivity contribution in [3.05, 3.63) is 201 Å². The topological polar surface area (TPSA) is 93.0 Å². The van der Waals surface area contributed by atoms with E-state index in [-0.39, 0.29) is 23.5 Å². The molecule has 0 amide bonds. The fourth-order valence-corrected chi connectivity index (χ4v) is 8.02. The second kappa shape index (κ2) is 10.9. The van der Waals surface area contributed by atoms with Crippen molar-refractivity contribution >= 4 is 33.7 Å². The highest BCUT2D eigenvalue weighted by molar-refractivity contribution is 6.31. The fraction of sp³-hybridized carbons (Fsp3) is 0.0455. The summed E-state index contributed by atoms with van der Waals surface area (Å²) in [6, 6.07) is 38.2. The number of H-pyrrole nitrogens is 1. The van der Waals surface area contributed by atoms with E-state index >= 15 is 0 Å². The first-order valence-electron chi connectivity index (χ1n) is 16.8. The van der Waals surface area contributed by atoms with Crippen LogP contribution in [-0.4, -0.2) is 32.7 Å². The molecular weight excluding hydrogens is 617 g/mol. The van der Waals surface area contributed by atoms with Gasteiger partial charge in [-0.3, -0.25) is 0 Å². The van der Waals surface area contributed by atoms with Gasteiger partial charge >= 0.3 is 0 Å². The maximum absolute atomic E-state index is 11.3. The van der Waals surface area contributed by atoms with Gasteiger partial charge in [0.1, 0.15) is 11.5 Å². The average molecular weight is 647 g/mol. The molecule has 1 aromatic heterocycles. The van der Waals surface area contributed by atoms with Crippen LogP contribution in [0.25, 0.3) is 22.3 Å². The molecule has 6 nitrogen and oxygen atoms in total. The first kappa shape index (κ1) is 28.4. The summed E-state index contributed by atoms with van der Waals surface area (Å²) in [5, 5.41) is 27.7. The van der Waals surface area contributed by atoms with E-state index in [9.17, 15) is 10.2 Å². The number of hydrogen-bond donors (Lipinski definition) is 4. The molecule has 50 heavy (non-hydrogen) atoms. The van der Waals surface area contributed by atoms with Gasteiger partial charge < -0.3 is 20.5 Å². The third kappa shape index (κ3) is 4.35. The minimum Gasteiger partial charge on any atom is -0.508 e. The zero-order chi connectivity index (χ0) is 33.3. The Balaban J connectivity index is 1.34. The maximum atomic E-state index is 11.3. The van der Waals surface area contributed by atoms with E-state index in [1.165, 1.54) is 6.07 Å². The van der Waals surface area contributed by atoms with Crippen LogP contribution in [0.3, 0.4) is 0 Å². The minimum atomic E-state index is -0.222. The number of aromatic nitrogens is 1. The highest BCUT2D eigenvalue weighted by Crippen LogP contribution is 2.53. The molecule has 4 aliphatic heterocycles. The summed E-state index contributed by atoms with van der Waals surface area (Å²) >= 11 is 0. The van der Waals surface area contributed by atoms with Crippen molar-refractivity contribution in [2.24, 2.45) is 9.98 Å². The first-order valence-corrected chi connectivity index (χ1v) is 16.8. The standard InChI is InChI=1S/C44H30N4O2/c49-28-22-29-42(38(50)23-28)30-24-37-41(27-14-8-3-9-15-27)35-19-18-33(46-35)39(25-10-4-1-5-11-25)31-16-17-32(45-31)40(26-12-6-2-7-13-26)34-20-21-36(47-34)43(29)44(30)48-37/h1-24,30,44-45,48-50H/b39-31-,40-32-,41-35-,43-36-. The monoisotopic (exact) mass is 646 g/mol. The van der Waals surface area contributed by atoms with Crippen LogP contribution in [0.4, 0.5) is 0 Å². The second-order valence-electron chi connectivity index (χ2n) is 13.0. The van der Waals surface area contributed by atoms with Gasteiger partial charge in [-0.15, -0.1) is 0 Å². The van der Waals surface area contributed by atoms with Gasteiger partial charge in [0.25, 0.3) is 0 Å². The molecule has 0 saturated heterocycles. The molecule has 5 aromatic rings. The molecule has 10 rings (SSSR count). The minimum absolute atomic E-state index is 0.0165. The fourth-order valence-electron chi connectivity index (χ4n) is 8.02. The van der Waals surface area contributed by atoms with Gasteiger partial charge in [0.05, 0.1) is 28.9 Å². The van der Waals surface area contributed by atoms with Crippen molar-refractivity contribution in [1.29, 1.82) is 0 Å². The van der Waals surface area contributed by atoms with Crippen LogP contribution in [0, 0.1) is 0 Å². The molecular formula is C44H30N4O2. The zero-order valence-electron chi connectivity index (χ0n) is 26.8. The number of rotatable bonds is 3. The summed E-state index contributed by atoms with van der Waals surface area (Å²) in [5.41, 5.74) is 12.9. The van der Waals surface area contributed by atoms with Gasteiger partial charge in [0.15, 0.2) is 0 Å². The number of aromatic hydroxyl groups is 2. The van der Waals surface area contributed by atoms with Gasteiger partial charge in [-0.05, 0) is 64.8 Å². The van der Waals surface area contributed by atoms with E-state index in [1.807, 2.05) is 42.5 Å². The lowest BCUT2D eigenvalue weighted by atomic mass is 9.96. The Hall–Kier alpha value is -6.66. The van der Waals surface area contributed by atoms with Crippen molar-refractivity contribution in [2.75, 3.05) is 0 Å². The molecule has 2 atom stereocenters. The Kier molecular flexibility index (Phi) is 6.20. The molecule has 0 fully saturated rings. The maximum Gasteiger partial charge on any atom is 0.123 e. The number of allylic oxidation sites excluding steroid dienone is 5. The predicted molar refractivity (Wildman–Crippen MR) is 199 cm³/mol. The van der Waals surface area contributed by atoms with Gasteiger partial charge in [0, 0.05) is 56.2 Å². The van der Waals surface area contributed by atoms with Crippen molar-refractivity contribution < 1.29 is 10.2 Å².